The van der Waals surface area contributed by atoms with Crippen LogP contribution >= 0.6 is 11.3 Å². The van der Waals surface area contributed by atoms with Crippen LogP contribution in [0.5, 0.6) is 0 Å². The van der Waals surface area contributed by atoms with E-state index < -0.39 is 5.97 Å². The lowest BCUT2D eigenvalue weighted by Gasteiger charge is -2.08. The van der Waals surface area contributed by atoms with Crippen molar-refractivity contribution in [2.75, 3.05) is 13.2 Å². The van der Waals surface area contributed by atoms with E-state index in [0.717, 1.165) is 6.42 Å². The molecule has 0 aromatic carbocycles. The number of carbonyl (C=O) groups is 2. The summed E-state index contributed by atoms with van der Waals surface area (Å²) in [5.74, 6) is -1.09. The molecule has 1 aliphatic heterocycles. The lowest BCUT2D eigenvalue weighted by atomic mass is 10.1. The van der Waals surface area contributed by atoms with Gasteiger partial charge >= 0.3 is 5.97 Å². The molecule has 19 heavy (non-hydrogen) atoms. The second-order valence-electron chi connectivity index (χ2n) is 4.55. The number of aromatic carboxylic acids is 1. The number of amides is 1. The molecule has 1 saturated heterocycles. The molecule has 1 fully saturated rings. The van der Waals surface area contributed by atoms with Crippen LogP contribution in [0.1, 0.15) is 28.8 Å². The molecule has 1 aromatic heterocycles. The first-order valence-corrected chi connectivity index (χ1v) is 7.01. The summed E-state index contributed by atoms with van der Waals surface area (Å²) in [6, 6.07) is 0. The van der Waals surface area contributed by atoms with Gasteiger partial charge in [-0.25, -0.2) is 9.78 Å². The fraction of sp³-hybridized carbons (Fsp3) is 0.583. The molecule has 2 N–H and O–H groups in total. The van der Waals surface area contributed by atoms with Gasteiger partial charge in [0.25, 0.3) is 0 Å². The molecule has 0 saturated carbocycles. The van der Waals surface area contributed by atoms with Gasteiger partial charge in [0.2, 0.25) is 5.91 Å². The van der Waals surface area contributed by atoms with Crippen molar-refractivity contribution in [3.05, 3.63) is 16.1 Å². The number of carboxylic acids is 1. The largest absolute Gasteiger partial charge is 0.476 e. The van der Waals surface area contributed by atoms with Crippen molar-refractivity contribution >= 4 is 23.2 Å². The van der Waals surface area contributed by atoms with Gasteiger partial charge in [-0.05, 0) is 13.3 Å². The summed E-state index contributed by atoms with van der Waals surface area (Å²) in [7, 11) is 0. The minimum Gasteiger partial charge on any atom is -0.476 e. The normalized spacial score (nSPS) is 22.4. The van der Waals surface area contributed by atoms with Crippen LogP contribution < -0.4 is 5.32 Å². The Balaban J connectivity index is 1.73. The first-order valence-electron chi connectivity index (χ1n) is 6.13. The molecule has 0 bridgehead atoms. The number of nitrogens with one attached hydrogen (secondary N) is 1. The maximum absolute atomic E-state index is 11.8. The molecule has 104 valence electrons. The molecule has 1 aliphatic rings. The number of carboxylic acid groups (broad SMARTS) is 1. The second-order valence-corrected chi connectivity index (χ2v) is 5.49. The highest BCUT2D eigenvalue weighted by molar-refractivity contribution is 7.09. The SMILES string of the molecule is CC1CC(C(=O)NCCc2nc(C(=O)O)cs2)CO1. The molecule has 2 rings (SSSR count). The zero-order valence-corrected chi connectivity index (χ0v) is 11.4. The minimum absolute atomic E-state index is 0.000589. The summed E-state index contributed by atoms with van der Waals surface area (Å²) < 4.78 is 5.34. The molecule has 7 heteroatoms. The topological polar surface area (TPSA) is 88.5 Å². The van der Waals surface area contributed by atoms with Crippen LogP contribution in [0.3, 0.4) is 0 Å². The van der Waals surface area contributed by atoms with Crippen molar-refractivity contribution < 1.29 is 19.4 Å². The third-order valence-electron chi connectivity index (χ3n) is 2.98. The highest BCUT2D eigenvalue weighted by Crippen LogP contribution is 2.19. The summed E-state index contributed by atoms with van der Waals surface area (Å²) >= 11 is 1.29. The molecule has 0 aliphatic carbocycles. The molecule has 0 radical (unpaired) electrons. The van der Waals surface area contributed by atoms with Crippen LogP contribution in [0, 0.1) is 5.92 Å². The van der Waals surface area contributed by atoms with Gasteiger partial charge in [-0.15, -0.1) is 11.3 Å². The first kappa shape index (κ1) is 14.0. The molecule has 2 heterocycles. The van der Waals surface area contributed by atoms with Crippen LogP contribution in [-0.2, 0) is 16.0 Å². The molecule has 1 amide bonds. The van der Waals surface area contributed by atoms with E-state index in [1.807, 2.05) is 6.92 Å². The smallest absolute Gasteiger partial charge is 0.355 e. The Kier molecular flexibility index (Phi) is 4.49. The van der Waals surface area contributed by atoms with Crippen molar-refractivity contribution in [2.24, 2.45) is 5.92 Å². The van der Waals surface area contributed by atoms with Crippen molar-refractivity contribution in [3.63, 3.8) is 0 Å². The molecule has 2 unspecified atom stereocenters. The third-order valence-corrected chi connectivity index (χ3v) is 3.89. The summed E-state index contributed by atoms with van der Waals surface area (Å²) in [6.45, 7) is 2.90. The number of rotatable bonds is 5. The fourth-order valence-electron chi connectivity index (χ4n) is 1.96. The Morgan fingerprint density at radius 1 is 1.63 bits per heavy atom. The summed E-state index contributed by atoms with van der Waals surface area (Å²) in [5, 5.41) is 13.8. The zero-order chi connectivity index (χ0) is 13.8. The highest BCUT2D eigenvalue weighted by atomic mass is 32.1. The summed E-state index contributed by atoms with van der Waals surface area (Å²) in [5.41, 5.74) is 0.0596. The Hall–Kier alpha value is -1.47. The average molecular weight is 284 g/mol. The first-order chi connectivity index (χ1) is 9.06. The number of ether oxygens (including phenoxy) is 1. The van der Waals surface area contributed by atoms with E-state index >= 15 is 0 Å². The molecular weight excluding hydrogens is 268 g/mol. The molecule has 6 nitrogen and oxygen atoms in total. The van der Waals surface area contributed by atoms with Gasteiger partial charge in [0.15, 0.2) is 5.69 Å². The average Bonchev–Trinajstić information content (AvgIpc) is 2.98. The van der Waals surface area contributed by atoms with Crippen molar-refractivity contribution in [1.29, 1.82) is 0 Å². The van der Waals surface area contributed by atoms with E-state index in [4.69, 9.17) is 9.84 Å². The summed E-state index contributed by atoms with van der Waals surface area (Å²) in [6.07, 6.45) is 1.45. The Morgan fingerprint density at radius 2 is 2.42 bits per heavy atom. The third kappa shape index (κ3) is 3.74. The van der Waals surface area contributed by atoms with Gasteiger partial charge in [-0.3, -0.25) is 4.79 Å². The molecule has 0 spiro atoms. The van der Waals surface area contributed by atoms with Crippen LogP contribution in [0.25, 0.3) is 0 Å². The predicted octanol–water partition coefficient (Wildman–Crippen LogP) is 0.925. The van der Waals surface area contributed by atoms with Crippen LogP contribution in [0.15, 0.2) is 5.38 Å². The lowest BCUT2D eigenvalue weighted by Crippen LogP contribution is -2.32. The van der Waals surface area contributed by atoms with E-state index in [2.05, 4.69) is 10.3 Å². The van der Waals surface area contributed by atoms with E-state index in [1.54, 1.807) is 0 Å². The number of nitrogens with zero attached hydrogens (tertiary/aromatic N) is 1. The standard InChI is InChI=1S/C12H16N2O4S/c1-7-4-8(5-18-7)11(15)13-3-2-10-14-9(6-19-10)12(16)17/h6-8H,2-5H2,1H3,(H,13,15)(H,16,17). The Bertz CT molecular complexity index is 474. The van der Waals surface area contributed by atoms with Crippen molar-refractivity contribution in [2.45, 2.75) is 25.9 Å². The van der Waals surface area contributed by atoms with Crippen molar-refractivity contribution in [1.82, 2.24) is 10.3 Å². The van der Waals surface area contributed by atoms with Crippen molar-refractivity contribution in [3.8, 4) is 0 Å². The number of aromatic nitrogens is 1. The van der Waals surface area contributed by atoms with Gasteiger partial charge < -0.3 is 15.2 Å². The van der Waals surface area contributed by atoms with E-state index in [-0.39, 0.29) is 23.6 Å². The fourth-order valence-corrected chi connectivity index (χ4v) is 2.73. The maximum atomic E-state index is 11.8. The predicted molar refractivity (Wildman–Crippen MR) is 69.3 cm³/mol. The quantitative estimate of drug-likeness (QED) is 0.839. The number of hydrogen-bond donors (Lipinski definition) is 2. The number of carbonyl (C=O) groups excluding carboxylic acids is 1. The second kappa shape index (κ2) is 6.12. The summed E-state index contributed by atoms with van der Waals surface area (Å²) in [4.78, 5) is 26.4. The van der Waals surface area contributed by atoms with Gasteiger partial charge in [0, 0.05) is 18.3 Å². The van der Waals surface area contributed by atoms with Crippen LogP contribution in [0.2, 0.25) is 0 Å². The van der Waals surface area contributed by atoms with Crippen LogP contribution in [-0.4, -0.2) is 41.2 Å². The van der Waals surface area contributed by atoms with E-state index in [9.17, 15) is 9.59 Å². The Morgan fingerprint density at radius 3 is 3.00 bits per heavy atom. The minimum atomic E-state index is -1.02. The van der Waals surface area contributed by atoms with Gasteiger partial charge in [-0.2, -0.15) is 0 Å². The van der Waals surface area contributed by atoms with Gasteiger partial charge in [-0.1, -0.05) is 0 Å². The van der Waals surface area contributed by atoms with Crippen LogP contribution in [0.4, 0.5) is 0 Å². The maximum Gasteiger partial charge on any atom is 0.355 e. The molecule has 2 atom stereocenters. The van der Waals surface area contributed by atoms with Gasteiger partial charge in [0.1, 0.15) is 0 Å². The number of thiazole rings is 1. The molecule has 1 aromatic rings. The monoisotopic (exact) mass is 284 g/mol. The Labute approximate surface area is 114 Å². The van der Waals surface area contributed by atoms with E-state index in [1.165, 1.54) is 16.7 Å². The highest BCUT2D eigenvalue weighted by Gasteiger charge is 2.27. The number of hydrogen-bond acceptors (Lipinski definition) is 5. The zero-order valence-electron chi connectivity index (χ0n) is 10.6. The van der Waals surface area contributed by atoms with E-state index in [0.29, 0.717) is 24.6 Å². The van der Waals surface area contributed by atoms with Gasteiger partial charge in [0.05, 0.1) is 23.6 Å². The molecular formula is C12H16N2O4S. The lowest BCUT2D eigenvalue weighted by molar-refractivity contribution is -0.124.